The van der Waals surface area contributed by atoms with Crippen LogP contribution in [-0.4, -0.2) is 29.8 Å². The third-order valence-corrected chi connectivity index (χ3v) is 5.57. The number of hydrogen-bond acceptors (Lipinski definition) is 3. The third kappa shape index (κ3) is 3.21. The molecule has 2 heterocycles. The van der Waals surface area contributed by atoms with Crippen molar-refractivity contribution in [2.75, 3.05) is 18.0 Å². The highest BCUT2D eigenvalue weighted by molar-refractivity contribution is 6.45. The van der Waals surface area contributed by atoms with Gasteiger partial charge in [-0.05, 0) is 49.4 Å². The Morgan fingerprint density at radius 3 is 2.29 bits per heavy atom. The van der Waals surface area contributed by atoms with Crippen molar-refractivity contribution in [3.63, 3.8) is 0 Å². The van der Waals surface area contributed by atoms with Gasteiger partial charge in [-0.3, -0.25) is 9.59 Å². The summed E-state index contributed by atoms with van der Waals surface area (Å²) < 4.78 is 13.8. The maximum atomic E-state index is 13.8. The lowest BCUT2D eigenvalue weighted by Gasteiger charge is -2.32. The number of hydrogen-bond donors (Lipinski definition) is 0. The van der Waals surface area contributed by atoms with Crippen LogP contribution in [0.25, 0.3) is 5.57 Å². The van der Waals surface area contributed by atoms with Crippen molar-refractivity contribution in [2.45, 2.75) is 26.7 Å². The number of aryl methyl sites for hydroxylation is 1. The molecule has 2 amide bonds. The summed E-state index contributed by atoms with van der Waals surface area (Å²) in [5.74, 6) is -0.643. The molecule has 4 nitrogen and oxygen atoms in total. The molecular weight excluding hydrogens is 355 g/mol. The number of piperidine rings is 1. The van der Waals surface area contributed by atoms with Crippen molar-refractivity contribution in [1.82, 2.24) is 4.90 Å². The minimum atomic E-state index is -0.477. The molecule has 0 spiro atoms. The normalized spacial score (nSPS) is 18.4. The fraction of sp³-hybridized carbons (Fsp3) is 0.304. The molecule has 0 unspecified atom stereocenters. The summed E-state index contributed by atoms with van der Waals surface area (Å²) in [6.45, 7) is 5.66. The average molecular weight is 378 g/mol. The van der Waals surface area contributed by atoms with Gasteiger partial charge in [0.1, 0.15) is 11.5 Å². The molecule has 0 N–H and O–H groups in total. The van der Waals surface area contributed by atoms with Crippen LogP contribution in [0.3, 0.4) is 0 Å². The predicted molar refractivity (Wildman–Crippen MR) is 107 cm³/mol. The SMILES string of the molecule is Cc1ccc(C2=C(N3CCC(C)CC3)C(=O)N(c3cccc(F)c3)C2=O)cc1. The van der Waals surface area contributed by atoms with Crippen LogP contribution in [0, 0.1) is 18.7 Å². The summed E-state index contributed by atoms with van der Waals surface area (Å²) in [5.41, 5.74) is 2.90. The van der Waals surface area contributed by atoms with Gasteiger partial charge in [-0.2, -0.15) is 0 Å². The van der Waals surface area contributed by atoms with Crippen molar-refractivity contribution < 1.29 is 14.0 Å². The van der Waals surface area contributed by atoms with Crippen LogP contribution < -0.4 is 4.90 Å². The molecule has 2 aromatic carbocycles. The molecule has 0 aliphatic carbocycles. The fourth-order valence-electron chi connectivity index (χ4n) is 3.87. The molecule has 5 heteroatoms. The minimum Gasteiger partial charge on any atom is -0.366 e. The molecule has 28 heavy (non-hydrogen) atoms. The van der Waals surface area contributed by atoms with Crippen molar-refractivity contribution in [2.24, 2.45) is 5.92 Å². The Morgan fingerprint density at radius 2 is 1.64 bits per heavy atom. The maximum absolute atomic E-state index is 13.8. The Labute approximate surface area is 164 Å². The lowest BCUT2D eigenvalue weighted by Crippen LogP contribution is -2.38. The van der Waals surface area contributed by atoms with Crippen molar-refractivity contribution in [3.8, 4) is 0 Å². The average Bonchev–Trinajstić information content (AvgIpc) is 2.93. The van der Waals surface area contributed by atoms with Gasteiger partial charge in [-0.25, -0.2) is 9.29 Å². The lowest BCUT2D eigenvalue weighted by atomic mass is 9.97. The monoisotopic (exact) mass is 378 g/mol. The first-order valence-corrected chi connectivity index (χ1v) is 9.66. The standard InChI is InChI=1S/C23H23FN2O2/c1-15-6-8-17(9-7-15)20-21(25-12-10-16(2)11-13-25)23(28)26(22(20)27)19-5-3-4-18(24)14-19/h3-9,14,16H,10-13H2,1-2H3. The van der Waals surface area contributed by atoms with Crippen molar-refractivity contribution >= 4 is 23.1 Å². The number of halogens is 1. The van der Waals surface area contributed by atoms with Crippen molar-refractivity contribution in [1.29, 1.82) is 0 Å². The van der Waals surface area contributed by atoms with Crippen LogP contribution in [0.4, 0.5) is 10.1 Å². The molecular formula is C23H23FN2O2. The topological polar surface area (TPSA) is 40.6 Å². The summed E-state index contributed by atoms with van der Waals surface area (Å²) >= 11 is 0. The predicted octanol–water partition coefficient (Wildman–Crippen LogP) is 4.15. The van der Waals surface area contributed by atoms with Gasteiger partial charge in [-0.1, -0.05) is 42.8 Å². The summed E-state index contributed by atoms with van der Waals surface area (Å²) in [7, 11) is 0. The smallest absolute Gasteiger partial charge is 0.282 e. The van der Waals surface area contributed by atoms with Crippen LogP contribution in [0.5, 0.6) is 0 Å². The highest BCUT2D eigenvalue weighted by Gasteiger charge is 2.43. The number of rotatable bonds is 3. The van der Waals surface area contributed by atoms with E-state index in [0.717, 1.165) is 42.0 Å². The largest absolute Gasteiger partial charge is 0.366 e. The van der Waals surface area contributed by atoms with E-state index in [9.17, 15) is 14.0 Å². The number of imide groups is 1. The maximum Gasteiger partial charge on any atom is 0.282 e. The first-order valence-electron chi connectivity index (χ1n) is 9.66. The summed E-state index contributed by atoms with van der Waals surface area (Å²) in [4.78, 5) is 29.8. The van der Waals surface area contributed by atoms with E-state index in [1.165, 1.54) is 18.2 Å². The molecule has 2 aliphatic heterocycles. The van der Waals surface area contributed by atoms with Gasteiger partial charge in [-0.15, -0.1) is 0 Å². The van der Waals surface area contributed by atoms with Crippen LogP contribution in [0.2, 0.25) is 0 Å². The van der Waals surface area contributed by atoms with Gasteiger partial charge < -0.3 is 4.90 Å². The first kappa shape index (κ1) is 18.4. The lowest BCUT2D eigenvalue weighted by molar-refractivity contribution is -0.120. The summed E-state index contributed by atoms with van der Waals surface area (Å²) in [6, 6.07) is 13.2. The molecule has 1 fully saturated rings. The Bertz CT molecular complexity index is 957. The molecule has 4 rings (SSSR count). The second-order valence-electron chi connectivity index (χ2n) is 7.68. The van der Waals surface area contributed by atoms with Crippen LogP contribution >= 0.6 is 0 Å². The van der Waals surface area contributed by atoms with E-state index >= 15 is 0 Å². The highest BCUT2D eigenvalue weighted by Crippen LogP contribution is 2.36. The van der Waals surface area contributed by atoms with Crippen LogP contribution in [-0.2, 0) is 9.59 Å². The zero-order valence-corrected chi connectivity index (χ0v) is 16.1. The van der Waals surface area contributed by atoms with Gasteiger partial charge in [0, 0.05) is 13.1 Å². The van der Waals surface area contributed by atoms with E-state index in [2.05, 4.69) is 6.92 Å². The fourth-order valence-corrected chi connectivity index (χ4v) is 3.87. The van der Waals surface area contributed by atoms with Crippen LogP contribution in [0.15, 0.2) is 54.2 Å². The zero-order valence-electron chi connectivity index (χ0n) is 16.1. The molecule has 0 bridgehead atoms. The third-order valence-electron chi connectivity index (χ3n) is 5.57. The number of nitrogens with zero attached hydrogens (tertiary/aromatic N) is 2. The molecule has 1 saturated heterocycles. The van der Waals surface area contributed by atoms with E-state index in [1.54, 1.807) is 6.07 Å². The molecule has 0 saturated carbocycles. The Hall–Kier alpha value is -2.95. The number of benzene rings is 2. The quantitative estimate of drug-likeness (QED) is 0.754. The molecule has 0 aromatic heterocycles. The van der Waals surface area contributed by atoms with E-state index in [0.29, 0.717) is 17.2 Å². The van der Waals surface area contributed by atoms with Gasteiger partial charge in [0.15, 0.2) is 0 Å². The summed E-state index contributed by atoms with van der Waals surface area (Å²) in [5, 5.41) is 0. The number of anilines is 1. The van der Waals surface area contributed by atoms with E-state index < -0.39 is 11.7 Å². The number of amides is 2. The van der Waals surface area contributed by atoms with Gasteiger partial charge in [0.25, 0.3) is 11.8 Å². The van der Waals surface area contributed by atoms with E-state index in [1.807, 2.05) is 36.1 Å². The Morgan fingerprint density at radius 1 is 0.964 bits per heavy atom. The van der Waals surface area contributed by atoms with Gasteiger partial charge in [0.2, 0.25) is 0 Å². The Balaban J connectivity index is 1.81. The molecule has 2 aliphatic rings. The molecule has 0 atom stereocenters. The molecule has 144 valence electrons. The second kappa shape index (κ2) is 7.23. The first-order chi connectivity index (χ1) is 13.5. The Kier molecular flexibility index (Phi) is 4.75. The van der Waals surface area contributed by atoms with E-state index in [-0.39, 0.29) is 11.6 Å². The van der Waals surface area contributed by atoms with Crippen LogP contribution in [0.1, 0.15) is 30.9 Å². The molecule has 0 radical (unpaired) electrons. The number of likely N-dealkylation sites (tertiary alicyclic amines) is 1. The van der Waals surface area contributed by atoms with Crippen molar-refractivity contribution in [3.05, 3.63) is 71.2 Å². The van der Waals surface area contributed by atoms with Gasteiger partial charge in [0.05, 0.1) is 11.3 Å². The number of carbonyl (C=O) groups excluding carboxylic acids is 2. The number of carbonyl (C=O) groups is 2. The van der Waals surface area contributed by atoms with Gasteiger partial charge >= 0.3 is 0 Å². The zero-order chi connectivity index (χ0) is 19.8. The summed E-state index contributed by atoms with van der Waals surface area (Å²) in [6.07, 6.45) is 1.96. The molecule has 2 aromatic rings. The highest BCUT2D eigenvalue weighted by atomic mass is 19.1. The second-order valence-corrected chi connectivity index (χ2v) is 7.68. The van der Waals surface area contributed by atoms with E-state index in [4.69, 9.17) is 0 Å². The minimum absolute atomic E-state index is 0.264.